The number of hydrogen-bond donors (Lipinski definition) is 1. The fraction of sp³-hybridized carbons (Fsp3) is 1.00. The van der Waals surface area contributed by atoms with Crippen LogP contribution in [0.2, 0.25) is 0 Å². The van der Waals surface area contributed by atoms with E-state index in [1.165, 1.54) is 0 Å². The van der Waals surface area contributed by atoms with Crippen LogP contribution in [-0.2, 0) is 4.74 Å². The van der Waals surface area contributed by atoms with Gasteiger partial charge in [0.05, 0.1) is 12.7 Å². The second-order valence-electron chi connectivity index (χ2n) is 3.39. The SMILES string of the molecule is CC1CNC(C)(C)CO1.Cl. The minimum Gasteiger partial charge on any atom is -0.375 e. The second kappa shape index (κ2) is 3.56. The highest BCUT2D eigenvalue weighted by Gasteiger charge is 2.23. The van der Waals surface area contributed by atoms with Gasteiger partial charge in [0.25, 0.3) is 0 Å². The summed E-state index contributed by atoms with van der Waals surface area (Å²) in [4.78, 5) is 0. The second-order valence-corrected chi connectivity index (χ2v) is 3.39. The van der Waals surface area contributed by atoms with E-state index in [-0.39, 0.29) is 17.9 Å². The summed E-state index contributed by atoms with van der Waals surface area (Å²) < 4.78 is 5.43. The Hall–Kier alpha value is 0.210. The molecule has 1 fully saturated rings. The van der Waals surface area contributed by atoms with Gasteiger partial charge in [-0.25, -0.2) is 0 Å². The van der Waals surface area contributed by atoms with Crippen molar-refractivity contribution in [3.63, 3.8) is 0 Å². The summed E-state index contributed by atoms with van der Waals surface area (Å²) in [6.07, 6.45) is 0.387. The molecule has 62 valence electrons. The highest BCUT2D eigenvalue weighted by molar-refractivity contribution is 5.85. The van der Waals surface area contributed by atoms with Crippen molar-refractivity contribution >= 4 is 12.4 Å². The van der Waals surface area contributed by atoms with E-state index < -0.39 is 0 Å². The minimum absolute atomic E-state index is 0. The van der Waals surface area contributed by atoms with Crippen LogP contribution in [0, 0.1) is 0 Å². The van der Waals surface area contributed by atoms with Crippen LogP contribution in [0.4, 0.5) is 0 Å². The van der Waals surface area contributed by atoms with Crippen LogP contribution in [0.3, 0.4) is 0 Å². The van der Waals surface area contributed by atoms with Crippen molar-refractivity contribution < 1.29 is 4.74 Å². The van der Waals surface area contributed by atoms with E-state index in [1.807, 2.05) is 0 Å². The van der Waals surface area contributed by atoms with Crippen LogP contribution >= 0.6 is 12.4 Å². The molecule has 1 saturated heterocycles. The number of halogens is 1. The third kappa shape index (κ3) is 2.86. The number of ether oxygens (including phenoxy) is 1. The molecule has 10 heavy (non-hydrogen) atoms. The summed E-state index contributed by atoms with van der Waals surface area (Å²) in [6.45, 7) is 8.20. The van der Waals surface area contributed by atoms with Crippen LogP contribution in [-0.4, -0.2) is 24.8 Å². The maximum absolute atomic E-state index is 5.43. The van der Waals surface area contributed by atoms with Crippen LogP contribution in [0.25, 0.3) is 0 Å². The Morgan fingerprint density at radius 2 is 2.10 bits per heavy atom. The Kier molecular flexibility index (Phi) is 3.63. The molecule has 0 saturated carbocycles. The summed E-state index contributed by atoms with van der Waals surface area (Å²) in [7, 11) is 0. The molecule has 1 N–H and O–H groups in total. The summed E-state index contributed by atoms with van der Waals surface area (Å²) in [5.74, 6) is 0. The fourth-order valence-corrected chi connectivity index (χ4v) is 0.881. The van der Waals surface area contributed by atoms with Gasteiger partial charge in [-0.1, -0.05) is 0 Å². The number of nitrogens with one attached hydrogen (secondary N) is 1. The molecular formula is C7H16ClNO. The first-order chi connectivity index (χ1) is 4.10. The molecule has 0 bridgehead atoms. The molecule has 3 heteroatoms. The van der Waals surface area contributed by atoms with Crippen LogP contribution in [0.1, 0.15) is 20.8 Å². The van der Waals surface area contributed by atoms with Crippen LogP contribution < -0.4 is 5.32 Å². The van der Waals surface area contributed by atoms with Gasteiger partial charge in [0, 0.05) is 12.1 Å². The molecule has 0 aromatic heterocycles. The van der Waals surface area contributed by atoms with Crippen molar-refractivity contribution in [2.45, 2.75) is 32.4 Å². The average molecular weight is 166 g/mol. The van der Waals surface area contributed by atoms with Crippen molar-refractivity contribution in [3.8, 4) is 0 Å². The summed E-state index contributed by atoms with van der Waals surface area (Å²) in [6, 6.07) is 0. The Morgan fingerprint density at radius 3 is 2.40 bits per heavy atom. The Morgan fingerprint density at radius 1 is 1.50 bits per heavy atom. The van der Waals surface area contributed by atoms with E-state index >= 15 is 0 Å². The van der Waals surface area contributed by atoms with Gasteiger partial charge in [-0.2, -0.15) is 0 Å². The van der Waals surface area contributed by atoms with E-state index in [0.717, 1.165) is 13.2 Å². The molecule has 2 nitrogen and oxygen atoms in total. The van der Waals surface area contributed by atoms with Gasteiger partial charge in [-0.05, 0) is 20.8 Å². The van der Waals surface area contributed by atoms with Crippen molar-refractivity contribution in [3.05, 3.63) is 0 Å². The highest BCUT2D eigenvalue weighted by atomic mass is 35.5. The van der Waals surface area contributed by atoms with Crippen molar-refractivity contribution in [2.24, 2.45) is 0 Å². The van der Waals surface area contributed by atoms with Gasteiger partial charge in [-0.3, -0.25) is 0 Å². The molecule has 1 atom stereocenters. The number of morpholine rings is 1. The summed E-state index contributed by atoms with van der Waals surface area (Å²) >= 11 is 0. The van der Waals surface area contributed by atoms with Gasteiger partial charge >= 0.3 is 0 Å². The normalized spacial score (nSPS) is 30.9. The topological polar surface area (TPSA) is 21.3 Å². The Balaban J connectivity index is 0.000000810. The molecule has 1 rings (SSSR count). The van der Waals surface area contributed by atoms with Crippen LogP contribution in [0.15, 0.2) is 0 Å². The van der Waals surface area contributed by atoms with Gasteiger partial charge < -0.3 is 10.1 Å². The van der Waals surface area contributed by atoms with Crippen LogP contribution in [0.5, 0.6) is 0 Å². The first kappa shape index (κ1) is 10.2. The van der Waals surface area contributed by atoms with E-state index in [1.54, 1.807) is 0 Å². The fourth-order valence-electron chi connectivity index (χ4n) is 0.881. The Labute approximate surface area is 68.7 Å². The molecule has 0 spiro atoms. The lowest BCUT2D eigenvalue weighted by molar-refractivity contribution is -0.0113. The summed E-state index contributed by atoms with van der Waals surface area (Å²) in [5, 5.41) is 3.38. The van der Waals surface area contributed by atoms with Crippen molar-refractivity contribution in [1.82, 2.24) is 5.32 Å². The van der Waals surface area contributed by atoms with Gasteiger partial charge in [0.2, 0.25) is 0 Å². The smallest absolute Gasteiger partial charge is 0.0672 e. The zero-order valence-electron chi connectivity index (χ0n) is 6.81. The van der Waals surface area contributed by atoms with Gasteiger partial charge in [0.1, 0.15) is 0 Å². The minimum atomic E-state index is 0. The van der Waals surface area contributed by atoms with E-state index in [4.69, 9.17) is 4.74 Å². The molecule has 1 aliphatic rings. The predicted octanol–water partition coefficient (Wildman–Crippen LogP) is 1.20. The quantitative estimate of drug-likeness (QED) is 0.583. The molecule has 0 amide bonds. The molecule has 1 unspecified atom stereocenters. The predicted molar refractivity (Wildman–Crippen MR) is 44.7 cm³/mol. The first-order valence-electron chi connectivity index (χ1n) is 3.47. The Bertz CT molecular complexity index is 95.8. The van der Waals surface area contributed by atoms with Gasteiger partial charge in [0.15, 0.2) is 0 Å². The molecule has 1 heterocycles. The number of rotatable bonds is 0. The van der Waals surface area contributed by atoms with Gasteiger partial charge in [-0.15, -0.1) is 12.4 Å². The standard InChI is InChI=1S/C7H15NO.ClH/c1-6-4-8-7(2,3)5-9-6;/h6,8H,4-5H2,1-3H3;1H. The van der Waals surface area contributed by atoms with Crippen molar-refractivity contribution in [2.75, 3.05) is 13.2 Å². The maximum Gasteiger partial charge on any atom is 0.0672 e. The molecule has 0 aromatic carbocycles. The highest BCUT2D eigenvalue weighted by Crippen LogP contribution is 2.09. The third-order valence-electron chi connectivity index (χ3n) is 1.60. The zero-order valence-corrected chi connectivity index (χ0v) is 7.62. The lowest BCUT2D eigenvalue weighted by Gasteiger charge is -2.34. The monoisotopic (exact) mass is 165 g/mol. The molecule has 0 aromatic rings. The van der Waals surface area contributed by atoms with Crippen molar-refractivity contribution in [1.29, 1.82) is 0 Å². The zero-order chi connectivity index (χ0) is 6.91. The first-order valence-corrected chi connectivity index (χ1v) is 3.47. The summed E-state index contributed by atoms with van der Waals surface area (Å²) in [5.41, 5.74) is 0.187. The molecule has 0 aliphatic carbocycles. The van der Waals surface area contributed by atoms with E-state index in [9.17, 15) is 0 Å². The lowest BCUT2D eigenvalue weighted by Crippen LogP contribution is -2.52. The maximum atomic E-state index is 5.43. The molecule has 1 aliphatic heterocycles. The molecule has 0 radical (unpaired) electrons. The van der Waals surface area contributed by atoms with E-state index in [2.05, 4.69) is 26.1 Å². The lowest BCUT2D eigenvalue weighted by atomic mass is 10.1. The molecular weight excluding hydrogens is 150 g/mol. The largest absolute Gasteiger partial charge is 0.375 e. The average Bonchev–Trinajstić information content (AvgIpc) is 1.78. The third-order valence-corrected chi connectivity index (χ3v) is 1.60. The van der Waals surface area contributed by atoms with E-state index in [0.29, 0.717) is 6.10 Å². The number of hydrogen-bond acceptors (Lipinski definition) is 2.